The second-order valence-corrected chi connectivity index (χ2v) is 7.91. The van der Waals surface area contributed by atoms with Crippen molar-refractivity contribution in [1.82, 2.24) is 10.6 Å². The molecule has 1 aromatic carbocycles. The van der Waals surface area contributed by atoms with Gasteiger partial charge in [-0.1, -0.05) is 43.4 Å². The van der Waals surface area contributed by atoms with Crippen LogP contribution in [0.3, 0.4) is 0 Å². The number of carbonyl (C=O) groups excluding carboxylic acids is 2. The third kappa shape index (κ3) is 4.88. The van der Waals surface area contributed by atoms with Gasteiger partial charge in [-0.05, 0) is 41.2 Å². The van der Waals surface area contributed by atoms with Gasteiger partial charge in [0, 0.05) is 7.05 Å². The second-order valence-electron chi connectivity index (χ2n) is 6.15. The summed E-state index contributed by atoms with van der Waals surface area (Å²) in [7, 11) is 1.47. The Kier molecular flexibility index (Phi) is 6.95. The van der Waals surface area contributed by atoms with Gasteiger partial charge in [-0.15, -0.1) is 0 Å². The van der Waals surface area contributed by atoms with E-state index in [-0.39, 0.29) is 5.91 Å². The minimum Gasteiger partial charge on any atom is -0.612 e. The minimum atomic E-state index is -1.18. The maximum Gasteiger partial charge on any atom is 0.321 e. The Hall–Kier alpha value is -1.24. The highest BCUT2D eigenvalue weighted by Gasteiger charge is 2.28. The lowest BCUT2D eigenvalue weighted by Crippen LogP contribution is -2.40. The second kappa shape index (κ2) is 8.74. The van der Waals surface area contributed by atoms with Gasteiger partial charge in [-0.2, -0.15) is 0 Å². The molecule has 1 aliphatic rings. The first-order valence-electron chi connectivity index (χ1n) is 8.07. The van der Waals surface area contributed by atoms with E-state index >= 15 is 0 Å². The Morgan fingerprint density at radius 2 is 2.04 bits per heavy atom. The number of halogens is 1. The first kappa shape index (κ1) is 19.1. The normalized spacial score (nSPS) is 17.3. The van der Waals surface area contributed by atoms with Crippen molar-refractivity contribution in [2.24, 2.45) is 5.92 Å². The SMILES string of the molecule is CNC(=O)NC(=O)C(CC1CCCC1)c1ccc([S+](C)[O-])c(Cl)c1. The highest BCUT2D eigenvalue weighted by atomic mass is 35.5. The fraction of sp³-hybridized carbons (Fsp3) is 0.529. The molecule has 0 aliphatic heterocycles. The van der Waals surface area contributed by atoms with Crippen LogP contribution in [0.2, 0.25) is 5.02 Å². The van der Waals surface area contributed by atoms with Crippen LogP contribution in [0.1, 0.15) is 43.6 Å². The highest BCUT2D eigenvalue weighted by molar-refractivity contribution is 7.90. The molecule has 1 fully saturated rings. The van der Waals surface area contributed by atoms with Crippen molar-refractivity contribution in [1.29, 1.82) is 0 Å². The van der Waals surface area contributed by atoms with E-state index in [1.165, 1.54) is 19.9 Å². The largest absolute Gasteiger partial charge is 0.612 e. The van der Waals surface area contributed by atoms with Crippen molar-refractivity contribution in [2.75, 3.05) is 13.3 Å². The number of hydrogen-bond donors (Lipinski definition) is 2. The number of carbonyl (C=O) groups is 2. The van der Waals surface area contributed by atoms with Crippen LogP contribution in [-0.2, 0) is 16.0 Å². The van der Waals surface area contributed by atoms with Crippen LogP contribution < -0.4 is 10.6 Å². The van der Waals surface area contributed by atoms with Crippen molar-refractivity contribution in [2.45, 2.75) is 42.9 Å². The summed E-state index contributed by atoms with van der Waals surface area (Å²) in [4.78, 5) is 24.6. The van der Waals surface area contributed by atoms with Crippen LogP contribution in [0.15, 0.2) is 23.1 Å². The van der Waals surface area contributed by atoms with Gasteiger partial charge in [0.05, 0.1) is 10.9 Å². The Morgan fingerprint density at radius 3 is 2.58 bits per heavy atom. The van der Waals surface area contributed by atoms with E-state index in [1.54, 1.807) is 24.5 Å². The van der Waals surface area contributed by atoms with E-state index < -0.39 is 23.1 Å². The summed E-state index contributed by atoms with van der Waals surface area (Å²) in [6.45, 7) is 0. The van der Waals surface area contributed by atoms with E-state index in [9.17, 15) is 14.1 Å². The summed E-state index contributed by atoms with van der Waals surface area (Å²) >= 11 is 5.03. The Morgan fingerprint density at radius 1 is 1.38 bits per heavy atom. The van der Waals surface area contributed by atoms with Gasteiger partial charge in [-0.25, -0.2) is 4.79 Å². The summed E-state index contributed by atoms with van der Waals surface area (Å²) in [6.07, 6.45) is 6.83. The minimum absolute atomic E-state index is 0.331. The zero-order chi connectivity index (χ0) is 17.7. The molecule has 7 heteroatoms. The van der Waals surface area contributed by atoms with Gasteiger partial charge in [0.15, 0.2) is 4.90 Å². The smallest absolute Gasteiger partial charge is 0.321 e. The Balaban J connectivity index is 2.25. The molecule has 1 aromatic rings. The number of hydrogen-bond acceptors (Lipinski definition) is 3. The average molecular weight is 371 g/mol. The summed E-state index contributed by atoms with van der Waals surface area (Å²) in [5.74, 6) is -0.297. The fourth-order valence-electron chi connectivity index (χ4n) is 3.20. The van der Waals surface area contributed by atoms with Crippen LogP contribution in [0.5, 0.6) is 0 Å². The number of amides is 3. The summed E-state index contributed by atoms with van der Waals surface area (Å²) in [5.41, 5.74) is 0.752. The molecule has 2 unspecified atom stereocenters. The lowest BCUT2D eigenvalue weighted by Gasteiger charge is -2.21. The monoisotopic (exact) mass is 370 g/mol. The number of imide groups is 1. The number of urea groups is 1. The lowest BCUT2D eigenvalue weighted by molar-refractivity contribution is -0.121. The summed E-state index contributed by atoms with van der Waals surface area (Å²) < 4.78 is 11.6. The van der Waals surface area contributed by atoms with E-state index in [4.69, 9.17) is 11.6 Å². The van der Waals surface area contributed by atoms with Gasteiger partial charge in [0.1, 0.15) is 6.26 Å². The maximum atomic E-state index is 12.6. The lowest BCUT2D eigenvalue weighted by atomic mass is 9.87. The van der Waals surface area contributed by atoms with Crippen LogP contribution in [0.25, 0.3) is 0 Å². The van der Waals surface area contributed by atoms with Crippen LogP contribution in [0, 0.1) is 5.92 Å². The van der Waals surface area contributed by atoms with Crippen LogP contribution in [-0.4, -0.2) is 29.8 Å². The van der Waals surface area contributed by atoms with Crippen molar-refractivity contribution in [3.8, 4) is 0 Å². The third-order valence-corrected chi connectivity index (χ3v) is 5.89. The van der Waals surface area contributed by atoms with Gasteiger partial charge < -0.3 is 9.87 Å². The van der Waals surface area contributed by atoms with Gasteiger partial charge in [0.25, 0.3) is 0 Å². The zero-order valence-electron chi connectivity index (χ0n) is 13.9. The number of nitrogens with one attached hydrogen (secondary N) is 2. The fourth-order valence-corrected chi connectivity index (χ4v) is 4.31. The number of rotatable bonds is 5. The molecule has 0 heterocycles. The van der Waals surface area contributed by atoms with Gasteiger partial charge in [0.2, 0.25) is 5.91 Å². The summed E-state index contributed by atoms with van der Waals surface area (Å²) in [5, 5.41) is 5.15. The van der Waals surface area contributed by atoms with Crippen LogP contribution >= 0.6 is 11.6 Å². The molecule has 2 N–H and O–H groups in total. The Labute approximate surface area is 150 Å². The Bertz CT molecular complexity index is 603. The topological polar surface area (TPSA) is 81.3 Å². The van der Waals surface area contributed by atoms with Gasteiger partial charge >= 0.3 is 6.03 Å². The van der Waals surface area contributed by atoms with Crippen LogP contribution in [0.4, 0.5) is 4.79 Å². The van der Waals surface area contributed by atoms with E-state index in [2.05, 4.69) is 10.6 Å². The zero-order valence-corrected chi connectivity index (χ0v) is 15.5. The molecule has 2 atom stereocenters. The van der Waals surface area contributed by atoms with E-state index in [0.29, 0.717) is 22.3 Å². The molecule has 0 spiro atoms. The number of benzene rings is 1. The third-order valence-electron chi connectivity index (χ3n) is 4.49. The van der Waals surface area contributed by atoms with Crippen molar-refractivity contribution in [3.05, 3.63) is 28.8 Å². The standard InChI is InChI=1S/C17H23ClN2O3S/c1-19-17(22)20-16(21)13(9-11-5-3-4-6-11)12-7-8-15(24(2)23)14(18)10-12/h7-8,10-11,13H,3-6,9H2,1-2H3,(H2,19,20,21,22). The highest BCUT2D eigenvalue weighted by Crippen LogP contribution is 2.36. The maximum absolute atomic E-state index is 12.6. The van der Waals surface area contributed by atoms with Crippen molar-refractivity contribution >= 4 is 34.7 Å². The molecular formula is C17H23ClN2O3S. The first-order chi connectivity index (χ1) is 11.4. The molecule has 0 aromatic heterocycles. The molecule has 132 valence electrons. The molecule has 1 aliphatic carbocycles. The molecule has 1 saturated carbocycles. The molecule has 0 bridgehead atoms. The average Bonchev–Trinajstić information content (AvgIpc) is 3.04. The molecule has 0 saturated heterocycles. The quantitative estimate of drug-likeness (QED) is 0.781. The van der Waals surface area contributed by atoms with E-state index in [1.807, 2.05) is 0 Å². The predicted octanol–water partition coefficient (Wildman–Crippen LogP) is 3.20. The molecule has 2 rings (SSSR count). The molecule has 24 heavy (non-hydrogen) atoms. The molecule has 3 amide bonds. The summed E-state index contributed by atoms with van der Waals surface area (Å²) in [6, 6.07) is 4.66. The van der Waals surface area contributed by atoms with Gasteiger partial charge in [-0.3, -0.25) is 10.1 Å². The first-order valence-corrected chi connectivity index (χ1v) is 10.0. The molecular weight excluding hydrogens is 348 g/mol. The van der Waals surface area contributed by atoms with Crippen molar-refractivity contribution in [3.63, 3.8) is 0 Å². The van der Waals surface area contributed by atoms with E-state index in [0.717, 1.165) is 18.4 Å². The van der Waals surface area contributed by atoms with Crippen molar-refractivity contribution < 1.29 is 14.1 Å². The predicted molar refractivity (Wildman–Crippen MR) is 95.7 cm³/mol. The molecule has 0 radical (unpaired) electrons. The molecule has 5 nitrogen and oxygen atoms in total.